The molecule has 1 heterocycles. The lowest BCUT2D eigenvalue weighted by Crippen LogP contribution is -2.31. The first-order valence-electron chi connectivity index (χ1n) is 11.4. The van der Waals surface area contributed by atoms with E-state index in [2.05, 4.69) is 4.98 Å². The van der Waals surface area contributed by atoms with Crippen LogP contribution in [0.4, 0.5) is 4.39 Å². The lowest BCUT2D eigenvalue weighted by Gasteiger charge is -2.21. The number of benzene rings is 2. The number of rotatable bonds is 9. The SMILES string of the molecule is CCOC(=O)c1c(-c2ccc(F)cc2)nc(=O)n(Cc2ccc(C(O)=CC(=O)C(=O)O)cc2)c1C(C)C. The van der Waals surface area contributed by atoms with E-state index in [1.807, 2.05) is 13.8 Å². The Hall–Kier alpha value is -4.60. The van der Waals surface area contributed by atoms with Gasteiger partial charge in [0.2, 0.25) is 0 Å². The number of ether oxygens (including phenoxy) is 1. The molecule has 0 radical (unpaired) electrons. The Bertz CT molecular complexity index is 1420. The number of carboxylic acid groups (broad SMARTS) is 1. The molecule has 0 aliphatic carbocycles. The Morgan fingerprint density at radius 2 is 1.68 bits per heavy atom. The first-order chi connectivity index (χ1) is 17.5. The summed E-state index contributed by atoms with van der Waals surface area (Å²) in [5, 5.41) is 18.7. The molecule has 0 bridgehead atoms. The maximum atomic E-state index is 13.5. The first-order valence-corrected chi connectivity index (χ1v) is 11.4. The fourth-order valence-corrected chi connectivity index (χ4v) is 3.78. The molecule has 3 aromatic rings. The molecule has 0 spiro atoms. The third kappa shape index (κ3) is 6.16. The number of aromatic nitrogens is 2. The van der Waals surface area contributed by atoms with Crippen molar-refractivity contribution in [2.24, 2.45) is 0 Å². The van der Waals surface area contributed by atoms with E-state index in [0.717, 1.165) is 0 Å². The molecule has 2 aromatic carbocycles. The van der Waals surface area contributed by atoms with Crippen molar-refractivity contribution >= 4 is 23.5 Å². The fourth-order valence-electron chi connectivity index (χ4n) is 3.78. The summed E-state index contributed by atoms with van der Waals surface area (Å²) in [4.78, 5) is 52.4. The van der Waals surface area contributed by atoms with Crippen LogP contribution in [-0.2, 0) is 20.9 Å². The van der Waals surface area contributed by atoms with Crippen molar-refractivity contribution in [1.29, 1.82) is 0 Å². The van der Waals surface area contributed by atoms with E-state index in [4.69, 9.17) is 9.84 Å². The van der Waals surface area contributed by atoms with Crippen LogP contribution in [-0.4, -0.2) is 44.1 Å². The number of esters is 1. The second-order valence-corrected chi connectivity index (χ2v) is 8.37. The predicted octanol–water partition coefficient (Wildman–Crippen LogP) is 3.95. The van der Waals surface area contributed by atoms with Gasteiger partial charge in [0.25, 0.3) is 5.78 Å². The van der Waals surface area contributed by atoms with E-state index in [1.165, 1.54) is 41.0 Å². The van der Waals surface area contributed by atoms with Gasteiger partial charge in [-0.25, -0.2) is 18.8 Å². The quantitative estimate of drug-likeness (QED) is 0.192. The van der Waals surface area contributed by atoms with Gasteiger partial charge in [-0.3, -0.25) is 9.36 Å². The van der Waals surface area contributed by atoms with Crippen LogP contribution in [0.15, 0.2) is 59.4 Å². The number of aliphatic hydroxyl groups excluding tert-OH is 1. The van der Waals surface area contributed by atoms with Gasteiger partial charge in [0.1, 0.15) is 17.1 Å². The highest BCUT2D eigenvalue weighted by Crippen LogP contribution is 2.29. The van der Waals surface area contributed by atoms with Crippen LogP contribution in [0.25, 0.3) is 17.0 Å². The zero-order chi connectivity index (χ0) is 27.3. The minimum atomic E-state index is -1.70. The second-order valence-electron chi connectivity index (χ2n) is 8.37. The summed E-state index contributed by atoms with van der Waals surface area (Å²) in [6, 6.07) is 11.4. The average Bonchev–Trinajstić information content (AvgIpc) is 2.85. The maximum absolute atomic E-state index is 13.5. The summed E-state index contributed by atoms with van der Waals surface area (Å²) in [5.41, 5.74) is 1.15. The van der Waals surface area contributed by atoms with Gasteiger partial charge in [-0.2, -0.15) is 4.98 Å². The Balaban J connectivity index is 2.11. The van der Waals surface area contributed by atoms with Crippen molar-refractivity contribution in [2.75, 3.05) is 6.61 Å². The zero-order valence-electron chi connectivity index (χ0n) is 20.4. The van der Waals surface area contributed by atoms with Crippen LogP contribution in [0, 0.1) is 5.82 Å². The predicted molar refractivity (Wildman–Crippen MR) is 133 cm³/mol. The lowest BCUT2D eigenvalue weighted by atomic mass is 9.97. The van der Waals surface area contributed by atoms with Crippen molar-refractivity contribution in [3.05, 3.63) is 93.3 Å². The Kier molecular flexibility index (Phi) is 8.33. The minimum absolute atomic E-state index is 0.0221. The molecule has 0 amide bonds. The van der Waals surface area contributed by atoms with E-state index < -0.39 is 35.0 Å². The van der Waals surface area contributed by atoms with Crippen molar-refractivity contribution in [3.8, 4) is 11.3 Å². The van der Waals surface area contributed by atoms with Crippen LogP contribution < -0.4 is 5.69 Å². The Morgan fingerprint density at radius 3 is 2.22 bits per heavy atom. The molecule has 0 aliphatic rings. The number of hydrogen-bond acceptors (Lipinski definition) is 7. The molecule has 0 unspecified atom stereocenters. The molecule has 0 saturated heterocycles. The van der Waals surface area contributed by atoms with E-state index in [-0.39, 0.29) is 35.9 Å². The second kappa shape index (κ2) is 11.4. The van der Waals surface area contributed by atoms with Gasteiger partial charge >= 0.3 is 17.6 Å². The van der Waals surface area contributed by atoms with Gasteiger partial charge in [0.05, 0.1) is 18.8 Å². The van der Waals surface area contributed by atoms with Gasteiger partial charge in [-0.1, -0.05) is 38.1 Å². The number of halogens is 1. The molecule has 0 aliphatic heterocycles. The van der Waals surface area contributed by atoms with Crippen molar-refractivity contribution in [3.63, 3.8) is 0 Å². The maximum Gasteiger partial charge on any atom is 0.376 e. The molecule has 9 nitrogen and oxygen atoms in total. The monoisotopic (exact) mass is 508 g/mol. The van der Waals surface area contributed by atoms with Crippen LogP contribution >= 0.6 is 0 Å². The van der Waals surface area contributed by atoms with E-state index in [9.17, 15) is 28.7 Å². The summed E-state index contributed by atoms with van der Waals surface area (Å²) in [6.07, 6.45) is 0.600. The van der Waals surface area contributed by atoms with E-state index in [1.54, 1.807) is 19.1 Å². The molecular formula is C27H25FN2O7. The molecule has 0 saturated carbocycles. The normalized spacial score (nSPS) is 11.4. The summed E-state index contributed by atoms with van der Waals surface area (Å²) in [7, 11) is 0. The molecule has 192 valence electrons. The Labute approximate surface area is 211 Å². The number of carbonyl (C=O) groups is 3. The van der Waals surface area contributed by atoms with Gasteiger partial charge in [0, 0.05) is 22.9 Å². The number of nitrogens with zero attached hydrogens (tertiary/aromatic N) is 2. The van der Waals surface area contributed by atoms with Crippen molar-refractivity contribution < 1.29 is 33.7 Å². The number of aliphatic carboxylic acids is 1. The van der Waals surface area contributed by atoms with E-state index in [0.29, 0.717) is 22.9 Å². The zero-order valence-corrected chi connectivity index (χ0v) is 20.4. The largest absolute Gasteiger partial charge is 0.507 e. The average molecular weight is 509 g/mol. The summed E-state index contributed by atoms with van der Waals surface area (Å²) in [6.45, 7) is 5.40. The fraction of sp³-hybridized carbons (Fsp3) is 0.222. The van der Waals surface area contributed by atoms with Crippen LogP contribution in [0.2, 0.25) is 0 Å². The van der Waals surface area contributed by atoms with Crippen molar-refractivity contribution in [2.45, 2.75) is 33.2 Å². The van der Waals surface area contributed by atoms with Crippen LogP contribution in [0.5, 0.6) is 0 Å². The molecule has 37 heavy (non-hydrogen) atoms. The lowest BCUT2D eigenvalue weighted by molar-refractivity contribution is -0.146. The molecule has 10 heteroatoms. The molecule has 0 atom stereocenters. The van der Waals surface area contributed by atoms with Gasteiger partial charge in [-0.15, -0.1) is 0 Å². The highest BCUT2D eigenvalue weighted by molar-refractivity contribution is 6.38. The molecule has 3 rings (SSSR count). The molecule has 0 fully saturated rings. The minimum Gasteiger partial charge on any atom is -0.507 e. The van der Waals surface area contributed by atoms with E-state index >= 15 is 0 Å². The highest BCUT2D eigenvalue weighted by atomic mass is 19.1. The number of ketones is 1. The first kappa shape index (κ1) is 27.0. The van der Waals surface area contributed by atoms with Crippen LogP contribution in [0.1, 0.15) is 53.9 Å². The smallest absolute Gasteiger partial charge is 0.376 e. The van der Waals surface area contributed by atoms with Crippen LogP contribution in [0.3, 0.4) is 0 Å². The van der Waals surface area contributed by atoms with Gasteiger partial charge < -0.3 is 14.9 Å². The number of hydrogen-bond donors (Lipinski definition) is 2. The number of aliphatic hydroxyl groups is 1. The molecular weight excluding hydrogens is 483 g/mol. The third-order valence-corrected chi connectivity index (χ3v) is 5.44. The third-order valence-electron chi connectivity index (χ3n) is 5.44. The molecule has 2 N–H and O–H groups in total. The summed E-state index contributed by atoms with van der Waals surface area (Å²) in [5.74, 6) is -4.93. The van der Waals surface area contributed by atoms with Gasteiger partial charge in [0.15, 0.2) is 0 Å². The standard InChI is InChI=1S/C27H25FN2O7/c1-4-37-26(35)22-23(18-9-11-19(28)12-10-18)29-27(36)30(24(22)15(2)3)14-16-5-7-17(8-6-16)20(31)13-21(32)25(33)34/h5-13,15,31H,4,14H2,1-3H3,(H,33,34). The topological polar surface area (TPSA) is 136 Å². The Morgan fingerprint density at radius 1 is 1.05 bits per heavy atom. The van der Waals surface area contributed by atoms with Gasteiger partial charge in [-0.05, 0) is 42.7 Å². The molecule has 1 aromatic heterocycles. The summed E-state index contributed by atoms with van der Waals surface area (Å²) >= 11 is 0. The summed E-state index contributed by atoms with van der Waals surface area (Å²) < 4.78 is 20.1. The number of carbonyl (C=O) groups excluding carboxylic acids is 2. The highest BCUT2D eigenvalue weighted by Gasteiger charge is 2.27. The number of carboxylic acids is 1. The van der Waals surface area contributed by atoms with Crippen molar-refractivity contribution in [1.82, 2.24) is 9.55 Å².